The molecule has 1 saturated heterocycles. The van der Waals surface area contributed by atoms with Gasteiger partial charge in [-0.25, -0.2) is 9.18 Å². The van der Waals surface area contributed by atoms with Crippen LogP contribution in [-0.2, 0) is 11.3 Å². The molecule has 2 aromatic rings. The van der Waals surface area contributed by atoms with Crippen molar-refractivity contribution in [2.24, 2.45) is 0 Å². The number of carbonyl (C=O) groups excluding carboxylic acids is 1. The third-order valence-electron chi connectivity index (χ3n) is 4.27. The number of benzene rings is 1. The van der Waals surface area contributed by atoms with Crippen LogP contribution in [0.4, 0.5) is 4.39 Å². The maximum atomic E-state index is 12.9. The molecular weight excluding hydrogens is 361 g/mol. The summed E-state index contributed by atoms with van der Waals surface area (Å²) in [6, 6.07) is 5.47. The lowest BCUT2D eigenvalue weighted by molar-refractivity contribution is -0.0459. The molecule has 10 heteroatoms. The number of ether oxygens (including phenoxy) is 1. The predicted molar refractivity (Wildman–Crippen MR) is 90.5 cm³/mol. The van der Waals surface area contributed by atoms with E-state index >= 15 is 0 Å². The molecule has 0 unspecified atom stereocenters. The Morgan fingerprint density at radius 1 is 1.33 bits per heavy atom. The highest BCUT2D eigenvalue weighted by Crippen LogP contribution is 2.27. The molecule has 3 atom stereocenters. The summed E-state index contributed by atoms with van der Waals surface area (Å²) in [5, 5.41) is 21.4. The normalized spacial score (nSPS) is 22.0. The van der Waals surface area contributed by atoms with E-state index in [1.165, 1.54) is 24.3 Å². The van der Waals surface area contributed by atoms with Crippen molar-refractivity contribution in [1.82, 2.24) is 14.9 Å². The van der Waals surface area contributed by atoms with Crippen molar-refractivity contribution in [1.29, 1.82) is 0 Å². The number of aliphatic hydroxyl groups is 2. The lowest BCUT2D eigenvalue weighted by Gasteiger charge is -2.15. The van der Waals surface area contributed by atoms with Gasteiger partial charge in [0.2, 0.25) is 0 Å². The summed E-state index contributed by atoms with van der Waals surface area (Å²) in [7, 11) is 0. The zero-order chi connectivity index (χ0) is 19.6. The van der Waals surface area contributed by atoms with Gasteiger partial charge in [0, 0.05) is 19.2 Å². The van der Waals surface area contributed by atoms with Crippen LogP contribution in [0, 0.1) is 5.82 Å². The van der Waals surface area contributed by atoms with Gasteiger partial charge in [0.15, 0.2) is 0 Å². The molecule has 144 valence electrons. The van der Waals surface area contributed by atoms with Crippen molar-refractivity contribution >= 4 is 5.91 Å². The fraction of sp³-hybridized carbons (Fsp3) is 0.353. The van der Waals surface area contributed by atoms with E-state index < -0.39 is 48.0 Å². The second kappa shape index (κ2) is 7.82. The van der Waals surface area contributed by atoms with Gasteiger partial charge in [-0.05, 0) is 17.7 Å². The zero-order valence-corrected chi connectivity index (χ0v) is 14.1. The van der Waals surface area contributed by atoms with Crippen LogP contribution in [0.5, 0.6) is 0 Å². The van der Waals surface area contributed by atoms with E-state index in [2.05, 4.69) is 5.32 Å². The van der Waals surface area contributed by atoms with Crippen LogP contribution in [0.15, 0.2) is 40.1 Å². The average Bonchev–Trinajstić information content (AvgIpc) is 3.01. The van der Waals surface area contributed by atoms with Gasteiger partial charge < -0.3 is 20.3 Å². The second-order valence-corrected chi connectivity index (χ2v) is 6.13. The molecule has 3 rings (SSSR count). The summed E-state index contributed by atoms with van der Waals surface area (Å²) in [4.78, 5) is 38.4. The van der Waals surface area contributed by atoms with E-state index in [9.17, 15) is 23.9 Å². The first kappa shape index (κ1) is 19.0. The topological polar surface area (TPSA) is 134 Å². The van der Waals surface area contributed by atoms with E-state index in [1.54, 1.807) is 0 Å². The molecular formula is C17H18FN3O6. The summed E-state index contributed by atoms with van der Waals surface area (Å²) < 4.78 is 19.3. The van der Waals surface area contributed by atoms with Crippen molar-refractivity contribution in [3.05, 3.63) is 68.2 Å². The SMILES string of the molecule is O=C(NCc1ccc(F)cc1)c1cn([C@H]2C[C@@H](O)[C@@H](CO)O2)c(=O)[nH]c1=O. The van der Waals surface area contributed by atoms with Crippen LogP contribution in [0.2, 0.25) is 0 Å². The standard InChI is InChI=1S/C17H18FN3O6/c18-10-3-1-9(2-4-10)6-19-15(24)11-7-21(17(26)20-16(11)25)14-5-12(23)13(8-22)27-14/h1-4,7,12-14,22-23H,5-6,8H2,(H,19,24)(H,20,25,26)/t12-,13-,14-/m1/s1. The van der Waals surface area contributed by atoms with E-state index in [4.69, 9.17) is 9.84 Å². The lowest BCUT2D eigenvalue weighted by Crippen LogP contribution is -2.38. The Hall–Kier alpha value is -2.82. The largest absolute Gasteiger partial charge is 0.394 e. The third-order valence-corrected chi connectivity index (χ3v) is 4.27. The fourth-order valence-electron chi connectivity index (χ4n) is 2.79. The Morgan fingerprint density at radius 3 is 2.67 bits per heavy atom. The van der Waals surface area contributed by atoms with Crippen LogP contribution in [0.3, 0.4) is 0 Å². The molecule has 0 aliphatic carbocycles. The maximum absolute atomic E-state index is 12.9. The third kappa shape index (κ3) is 4.13. The highest BCUT2D eigenvalue weighted by atomic mass is 19.1. The average molecular weight is 379 g/mol. The molecule has 1 fully saturated rings. The molecule has 9 nitrogen and oxygen atoms in total. The summed E-state index contributed by atoms with van der Waals surface area (Å²) in [5.41, 5.74) is -1.36. The smallest absolute Gasteiger partial charge is 0.330 e. The van der Waals surface area contributed by atoms with Crippen molar-refractivity contribution in [2.45, 2.75) is 31.4 Å². The predicted octanol–water partition coefficient (Wildman–Crippen LogP) is -0.754. The molecule has 0 saturated carbocycles. The molecule has 1 aliphatic heterocycles. The quantitative estimate of drug-likeness (QED) is 0.540. The van der Waals surface area contributed by atoms with E-state index in [0.29, 0.717) is 5.56 Å². The second-order valence-electron chi connectivity index (χ2n) is 6.13. The summed E-state index contributed by atoms with van der Waals surface area (Å²) in [5.74, 6) is -1.14. The van der Waals surface area contributed by atoms with Gasteiger partial charge in [0.05, 0.1) is 12.7 Å². The number of H-pyrrole nitrogens is 1. The minimum Gasteiger partial charge on any atom is -0.394 e. The van der Waals surface area contributed by atoms with Crippen molar-refractivity contribution in [3.63, 3.8) is 0 Å². The fourth-order valence-corrected chi connectivity index (χ4v) is 2.79. The number of carbonyl (C=O) groups is 1. The van der Waals surface area contributed by atoms with Gasteiger partial charge in [-0.2, -0.15) is 0 Å². The number of nitrogens with zero attached hydrogens (tertiary/aromatic N) is 1. The monoisotopic (exact) mass is 379 g/mol. The first-order valence-corrected chi connectivity index (χ1v) is 8.21. The lowest BCUT2D eigenvalue weighted by atomic mass is 10.2. The number of nitrogens with one attached hydrogen (secondary N) is 2. The number of aromatic amines is 1. The highest BCUT2D eigenvalue weighted by Gasteiger charge is 2.35. The summed E-state index contributed by atoms with van der Waals surface area (Å²) in [6.45, 7) is -0.371. The number of aliphatic hydroxyl groups excluding tert-OH is 2. The Morgan fingerprint density at radius 2 is 2.04 bits per heavy atom. The van der Waals surface area contributed by atoms with Crippen molar-refractivity contribution < 1.29 is 24.1 Å². The van der Waals surface area contributed by atoms with Gasteiger partial charge in [0.1, 0.15) is 23.7 Å². The Balaban J connectivity index is 1.79. The Labute approximate surface area is 152 Å². The number of aromatic nitrogens is 2. The number of hydrogen-bond donors (Lipinski definition) is 4. The molecule has 0 radical (unpaired) electrons. The van der Waals surface area contributed by atoms with Crippen molar-refractivity contribution in [3.8, 4) is 0 Å². The van der Waals surface area contributed by atoms with Gasteiger partial charge in [-0.3, -0.25) is 19.1 Å². The van der Waals surface area contributed by atoms with E-state index in [-0.39, 0.29) is 18.5 Å². The maximum Gasteiger partial charge on any atom is 0.330 e. The molecule has 27 heavy (non-hydrogen) atoms. The highest BCUT2D eigenvalue weighted by molar-refractivity contribution is 5.93. The van der Waals surface area contributed by atoms with E-state index in [1.807, 2.05) is 4.98 Å². The molecule has 1 amide bonds. The molecule has 2 heterocycles. The first-order valence-electron chi connectivity index (χ1n) is 8.21. The van der Waals surface area contributed by atoms with Crippen LogP contribution < -0.4 is 16.6 Å². The van der Waals surface area contributed by atoms with Crippen LogP contribution in [0.25, 0.3) is 0 Å². The molecule has 0 bridgehead atoms. The molecule has 4 N–H and O–H groups in total. The molecule has 0 spiro atoms. The minimum atomic E-state index is -0.977. The number of amides is 1. The summed E-state index contributed by atoms with van der Waals surface area (Å²) >= 11 is 0. The first-order chi connectivity index (χ1) is 12.9. The molecule has 1 aliphatic rings. The number of hydrogen-bond acceptors (Lipinski definition) is 6. The van der Waals surface area contributed by atoms with Crippen LogP contribution in [0.1, 0.15) is 28.6 Å². The number of halogens is 1. The van der Waals surface area contributed by atoms with Crippen molar-refractivity contribution in [2.75, 3.05) is 6.61 Å². The zero-order valence-electron chi connectivity index (χ0n) is 14.1. The van der Waals surface area contributed by atoms with Crippen LogP contribution >= 0.6 is 0 Å². The molecule has 1 aromatic carbocycles. The van der Waals surface area contributed by atoms with Gasteiger partial charge >= 0.3 is 5.69 Å². The Kier molecular flexibility index (Phi) is 5.49. The van der Waals surface area contributed by atoms with E-state index in [0.717, 1.165) is 10.8 Å². The van der Waals surface area contributed by atoms with Crippen LogP contribution in [-0.4, -0.2) is 44.5 Å². The van der Waals surface area contributed by atoms with Gasteiger partial charge in [0.25, 0.3) is 11.5 Å². The minimum absolute atomic E-state index is 0.0216. The summed E-state index contributed by atoms with van der Waals surface area (Å²) in [6.07, 6.45) is -1.68. The molecule has 1 aromatic heterocycles. The van der Waals surface area contributed by atoms with Gasteiger partial charge in [-0.15, -0.1) is 0 Å². The Bertz CT molecular complexity index is 939. The number of rotatable bonds is 5. The van der Waals surface area contributed by atoms with Gasteiger partial charge in [-0.1, -0.05) is 12.1 Å².